The molecule has 0 aromatic heterocycles. The van der Waals surface area contributed by atoms with Crippen molar-refractivity contribution < 1.29 is 18.7 Å². The molecule has 3 nitrogen and oxygen atoms in total. The third-order valence-corrected chi connectivity index (χ3v) is 6.25. The van der Waals surface area contributed by atoms with Crippen molar-refractivity contribution in [2.75, 3.05) is 0 Å². The van der Waals surface area contributed by atoms with Gasteiger partial charge in [0.1, 0.15) is 17.7 Å². The largest absolute Gasteiger partial charge is 0.514 e. The average molecular weight is 362 g/mol. The molecule has 144 valence electrons. The highest BCUT2D eigenvalue weighted by Crippen LogP contribution is 2.41. The first-order valence-electron chi connectivity index (χ1n) is 10.3. The Kier molecular flexibility index (Phi) is 6.93. The lowest BCUT2D eigenvalue weighted by molar-refractivity contribution is 0.0238. The van der Waals surface area contributed by atoms with Gasteiger partial charge in [-0.3, -0.25) is 0 Å². The SMILES string of the molecule is CCC[C@H]1CC[C@H]([C@H]2CC[C@H](OC(=O)Oc3ccc(F)cc3)CC2)CC1. The van der Waals surface area contributed by atoms with Crippen molar-refractivity contribution in [3.8, 4) is 5.75 Å². The molecule has 0 bridgehead atoms. The Hall–Kier alpha value is -1.58. The van der Waals surface area contributed by atoms with E-state index in [0.717, 1.165) is 43.4 Å². The van der Waals surface area contributed by atoms with Crippen LogP contribution in [0.25, 0.3) is 0 Å². The lowest BCUT2D eigenvalue weighted by Crippen LogP contribution is -2.30. The average Bonchev–Trinajstić information content (AvgIpc) is 2.65. The van der Waals surface area contributed by atoms with Crippen LogP contribution in [-0.2, 0) is 4.74 Å². The van der Waals surface area contributed by atoms with Crippen molar-refractivity contribution in [2.45, 2.75) is 77.2 Å². The van der Waals surface area contributed by atoms with E-state index in [0.29, 0.717) is 5.75 Å². The molecule has 0 spiro atoms. The molecule has 26 heavy (non-hydrogen) atoms. The molecule has 0 saturated heterocycles. The molecular formula is C22H31FO3. The molecule has 2 aliphatic carbocycles. The molecule has 2 saturated carbocycles. The van der Waals surface area contributed by atoms with Gasteiger partial charge in [0.15, 0.2) is 0 Å². The van der Waals surface area contributed by atoms with E-state index in [9.17, 15) is 9.18 Å². The number of rotatable bonds is 5. The summed E-state index contributed by atoms with van der Waals surface area (Å²) in [7, 11) is 0. The standard InChI is InChI=1S/C22H31FO3/c1-2-3-16-4-6-17(7-5-16)18-8-12-20(13-9-18)25-22(24)26-21-14-10-19(23)11-15-21/h10-11,14-18,20H,2-9,12-13H2,1H3/t16-,17-,18-,20-. The van der Waals surface area contributed by atoms with E-state index in [1.807, 2.05) is 0 Å². The van der Waals surface area contributed by atoms with Crippen molar-refractivity contribution in [2.24, 2.45) is 17.8 Å². The first kappa shape index (κ1) is 19.2. The fourth-order valence-corrected chi connectivity index (χ4v) is 4.79. The first-order valence-corrected chi connectivity index (χ1v) is 10.3. The second-order valence-corrected chi connectivity index (χ2v) is 8.03. The third kappa shape index (κ3) is 5.46. The van der Waals surface area contributed by atoms with E-state index in [2.05, 4.69) is 6.92 Å². The predicted molar refractivity (Wildman–Crippen MR) is 99.6 cm³/mol. The summed E-state index contributed by atoms with van der Waals surface area (Å²) < 4.78 is 23.5. The molecule has 1 aromatic rings. The van der Waals surface area contributed by atoms with Crippen LogP contribution >= 0.6 is 0 Å². The Labute approximate surface area is 156 Å². The van der Waals surface area contributed by atoms with E-state index in [4.69, 9.17) is 9.47 Å². The van der Waals surface area contributed by atoms with Gasteiger partial charge in [-0.1, -0.05) is 32.6 Å². The monoisotopic (exact) mass is 362 g/mol. The highest BCUT2D eigenvalue weighted by Gasteiger charge is 2.32. The van der Waals surface area contributed by atoms with Crippen LogP contribution in [0.15, 0.2) is 24.3 Å². The molecule has 3 rings (SSSR count). The maximum absolute atomic E-state index is 12.9. The van der Waals surface area contributed by atoms with Gasteiger partial charge in [0, 0.05) is 0 Å². The zero-order valence-corrected chi connectivity index (χ0v) is 15.8. The van der Waals surface area contributed by atoms with Gasteiger partial charge in [-0.2, -0.15) is 0 Å². The summed E-state index contributed by atoms with van der Waals surface area (Å²) in [5, 5.41) is 0. The van der Waals surface area contributed by atoms with E-state index in [1.54, 1.807) is 0 Å². The molecule has 1 aromatic carbocycles. The van der Waals surface area contributed by atoms with Crippen molar-refractivity contribution in [3.63, 3.8) is 0 Å². The number of carbonyl (C=O) groups is 1. The fraction of sp³-hybridized carbons (Fsp3) is 0.682. The Bertz CT molecular complexity index is 555. The molecule has 2 aliphatic rings. The number of halogens is 1. The van der Waals surface area contributed by atoms with Gasteiger partial charge in [-0.05, 0) is 80.5 Å². The highest BCUT2D eigenvalue weighted by molar-refractivity contribution is 5.63. The van der Waals surface area contributed by atoms with Gasteiger partial charge in [0.2, 0.25) is 0 Å². The first-order chi connectivity index (χ1) is 12.6. The predicted octanol–water partition coefficient (Wildman–Crippen LogP) is 6.51. The lowest BCUT2D eigenvalue weighted by atomic mass is 9.70. The van der Waals surface area contributed by atoms with Gasteiger partial charge >= 0.3 is 6.16 Å². The number of carbonyl (C=O) groups excluding carboxylic acids is 1. The maximum Gasteiger partial charge on any atom is 0.514 e. The second kappa shape index (κ2) is 9.38. The quantitative estimate of drug-likeness (QED) is 0.442. The summed E-state index contributed by atoms with van der Waals surface area (Å²) in [6.45, 7) is 2.29. The smallest absolute Gasteiger partial charge is 0.431 e. The summed E-state index contributed by atoms with van der Waals surface area (Å²) in [5.74, 6) is 2.58. The summed E-state index contributed by atoms with van der Waals surface area (Å²) in [4.78, 5) is 11.9. The Morgan fingerprint density at radius 3 is 2.12 bits per heavy atom. The molecule has 0 atom stereocenters. The lowest BCUT2D eigenvalue weighted by Gasteiger charge is -2.37. The molecule has 0 unspecified atom stereocenters. The summed E-state index contributed by atoms with van der Waals surface area (Å²) >= 11 is 0. The van der Waals surface area contributed by atoms with Crippen LogP contribution in [0.1, 0.15) is 71.1 Å². The molecule has 0 aliphatic heterocycles. The second-order valence-electron chi connectivity index (χ2n) is 8.03. The number of hydrogen-bond acceptors (Lipinski definition) is 3. The van der Waals surface area contributed by atoms with Crippen LogP contribution in [-0.4, -0.2) is 12.3 Å². The van der Waals surface area contributed by atoms with Crippen LogP contribution in [0.3, 0.4) is 0 Å². The highest BCUT2D eigenvalue weighted by atomic mass is 19.1. The molecule has 0 amide bonds. The normalized spacial score (nSPS) is 29.2. The van der Waals surface area contributed by atoms with E-state index >= 15 is 0 Å². The molecule has 4 heteroatoms. The Morgan fingerprint density at radius 2 is 1.54 bits per heavy atom. The summed E-state index contributed by atoms with van der Waals surface area (Å²) in [5.41, 5.74) is 0. The van der Waals surface area contributed by atoms with Gasteiger partial charge in [-0.15, -0.1) is 0 Å². The van der Waals surface area contributed by atoms with Crippen LogP contribution in [0.4, 0.5) is 9.18 Å². The van der Waals surface area contributed by atoms with Gasteiger partial charge in [0.25, 0.3) is 0 Å². The summed E-state index contributed by atoms with van der Waals surface area (Å²) in [6, 6.07) is 5.40. The molecular weight excluding hydrogens is 331 g/mol. The number of ether oxygens (including phenoxy) is 2. The number of benzene rings is 1. The van der Waals surface area contributed by atoms with Crippen molar-refractivity contribution in [1.82, 2.24) is 0 Å². The van der Waals surface area contributed by atoms with Crippen molar-refractivity contribution >= 4 is 6.16 Å². The van der Waals surface area contributed by atoms with Crippen LogP contribution < -0.4 is 4.74 Å². The van der Waals surface area contributed by atoms with Crippen LogP contribution in [0.5, 0.6) is 5.75 Å². The molecule has 0 radical (unpaired) electrons. The molecule has 0 heterocycles. The Morgan fingerprint density at radius 1 is 0.962 bits per heavy atom. The summed E-state index contributed by atoms with van der Waals surface area (Å²) in [6.07, 6.45) is 11.7. The maximum atomic E-state index is 12.9. The fourth-order valence-electron chi connectivity index (χ4n) is 4.79. The van der Waals surface area contributed by atoms with Crippen molar-refractivity contribution in [3.05, 3.63) is 30.1 Å². The topological polar surface area (TPSA) is 35.5 Å². The van der Waals surface area contributed by atoms with E-state index in [-0.39, 0.29) is 11.9 Å². The zero-order chi connectivity index (χ0) is 18.4. The van der Waals surface area contributed by atoms with Gasteiger partial charge in [-0.25, -0.2) is 9.18 Å². The van der Waals surface area contributed by atoms with E-state index < -0.39 is 6.16 Å². The minimum atomic E-state index is -0.680. The number of hydrogen-bond donors (Lipinski definition) is 0. The van der Waals surface area contributed by atoms with Gasteiger partial charge < -0.3 is 9.47 Å². The molecule has 0 N–H and O–H groups in total. The molecule has 2 fully saturated rings. The van der Waals surface area contributed by atoms with Crippen LogP contribution in [0.2, 0.25) is 0 Å². The third-order valence-electron chi connectivity index (χ3n) is 6.25. The minimum Gasteiger partial charge on any atom is -0.431 e. The van der Waals surface area contributed by atoms with Gasteiger partial charge in [0.05, 0.1) is 0 Å². The van der Waals surface area contributed by atoms with E-state index in [1.165, 1.54) is 62.8 Å². The van der Waals surface area contributed by atoms with Crippen LogP contribution in [0, 0.1) is 23.6 Å². The zero-order valence-electron chi connectivity index (χ0n) is 15.8. The minimum absolute atomic E-state index is 0.0457. The van der Waals surface area contributed by atoms with Crippen molar-refractivity contribution in [1.29, 1.82) is 0 Å². The Balaban J connectivity index is 1.37.